The summed E-state index contributed by atoms with van der Waals surface area (Å²) in [6, 6.07) is 3.03. The van der Waals surface area contributed by atoms with Crippen LogP contribution in [-0.4, -0.2) is 29.2 Å². The molecule has 1 saturated heterocycles. The van der Waals surface area contributed by atoms with E-state index < -0.39 is 29.5 Å². The van der Waals surface area contributed by atoms with E-state index in [0.29, 0.717) is 16.6 Å². The third-order valence-electron chi connectivity index (χ3n) is 5.38. The number of alkyl halides is 3. The van der Waals surface area contributed by atoms with Crippen molar-refractivity contribution >= 4 is 28.1 Å². The molecule has 0 spiro atoms. The van der Waals surface area contributed by atoms with Crippen molar-refractivity contribution in [1.82, 2.24) is 9.97 Å². The Morgan fingerprint density at radius 1 is 1.18 bits per heavy atom. The quantitative estimate of drug-likeness (QED) is 0.183. The van der Waals surface area contributed by atoms with Crippen molar-refractivity contribution in [3.05, 3.63) is 72.2 Å². The Morgan fingerprint density at radius 3 is 2.50 bits per heavy atom. The molecule has 13 heteroatoms. The predicted molar refractivity (Wildman–Crippen MR) is 116 cm³/mol. The van der Waals surface area contributed by atoms with E-state index in [-0.39, 0.29) is 36.0 Å². The predicted octanol–water partition coefficient (Wildman–Crippen LogP) is 4.08. The Hall–Kier alpha value is -3.87. The topological polar surface area (TPSA) is 99.2 Å². The Balaban J connectivity index is 1.44. The van der Waals surface area contributed by atoms with Crippen LogP contribution in [0.2, 0.25) is 0 Å². The van der Waals surface area contributed by atoms with E-state index in [1.54, 1.807) is 0 Å². The molecule has 0 saturated carbocycles. The second-order valence-electron chi connectivity index (χ2n) is 7.75. The molecular formula is C21H19F6N7. The van der Waals surface area contributed by atoms with Crippen LogP contribution in [0.3, 0.4) is 0 Å². The van der Waals surface area contributed by atoms with Crippen LogP contribution in [0.25, 0.3) is 10.9 Å². The average Bonchev–Trinajstić information content (AvgIpc) is 3.08. The summed E-state index contributed by atoms with van der Waals surface area (Å²) in [6.07, 6.45) is -0.462. The number of nitrogens with one attached hydrogen (secondary N) is 2. The molecule has 34 heavy (non-hydrogen) atoms. The Kier molecular flexibility index (Phi) is 5.81. The first-order chi connectivity index (χ1) is 15.9. The molecular weight excluding hydrogens is 464 g/mol. The number of aromatic amines is 1. The van der Waals surface area contributed by atoms with E-state index in [0.717, 1.165) is 23.2 Å². The van der Waals surface area contributed by atoms with E-state index in [1.807, 2.05) is 0 Å². The van der Waals surface area contributed by atoms with Gasteiger partial charge in [-0.2, -0.15) is 13.2 Å². The number of nitrogens with two attached hydrogens (primary N) is 2. The highest BCUT2D eigenvalue weighted by atomic mass is 19.4. The summed E-state index contributed by atoms with van der Waals surface area (Å²) in [5, 5.41) is 4.18. The standard InChI is InChI=1S/C21H19F6N7/c1-10(32-19-6-30-18-4-15(23)14(22)3-13(18)19)17(28)9-34(29)12-2-16(24)20(31-5-12)33-7-11(8-33)21(25,26)27/h2-6,9,11,30,32H,1,7-8,28-29H2/b17-9-. The molecule has 2 aromatic heterocycles. The zero-order valence-corrected chi connectivity index (χ0v) is 17.4. The molecule has 0 amide bonds. The maximum absolute atomic E-state index is 14.5. The van der Waals surface area contributed by atoms with Crippen LogP contribution in [0.4, 0.5) is 43.5 Å². The molecule has 0 unspecified atom stereocenters. The molecule has 1 fully saturated rings. The Bertz CT molecular complexity index is 1280. The molecule has 1 aliphatic heterocycles. The fourth-order valence-corrected chi connectivity index (χ4v) is 3.41. The largest absolute Gasteiger partial charge is 0.396 e. The summed E-state index contributed by atoms with van der Waals surface area (Å²) < 4.78 is 79.4. The monoisotopic (exact) mass is 483 g/mol. The molecule has 0 atom stereocenters. The molecule has 7 nitrogen and oxygen atoms in total. The van der Waals surface area contributed by atoms with Crippen LogP contribution < -0.4 is 26.8 Å². The third-order valence-corrected chi connectivity index (χ3v) is 5.38. The maximum Gasteiger partial charge on any atom is 0.395 e. The average molecular weight is 483 g/mol. The number of halogens is 6. The first-order valence-electron chi connectivity index (χ1n) is 9.85. The summed E-state index contributed by atoms with van der Waals surface area (Å²) in [7, 11) is 0. The lowest BCUT2D eigenvalue weighted by Crippen LogP contribution is -2.54. The van der Waals surface area contributed by atoms with Crippen molar-refractivity contribution in [3.63, 3.8) is 0 Å². The number of anilines is 3. The van der Waals surface area contributed by atoms with Gasteiger partial charge in [-0.15, -0.1) is 0 Å². The van der Waals surface area contributed by atoms with Gasteiger partial charge in [-0.1, -0.05) is 6.58 Å². The second kappa shape index (κ2) is 8.48. The molecule has 0 aliphatic carbocycles. The molecule has 0 radical (unpaired) electrons. The summed E-state index contributed by atoms with van der Waals surface area (Å²) in [5.74, 6) is 1.30. The van der Waals surface area contributed by atoms with Crippen molar-refractivity contribution in [3.8, 4) is 0 Å². The molecule has 1 aromatic carbocycles. The first-order valence-corrected chi connectivity index (χ1v) is 9.85. The van der Waals surface area contributed by atoms with Crippen molar-refractivity contribution in [2.75, 3.05) is 28.3 Å². The SMILES string of the molecule is C=C(Nc1c[nH]c2cc(F)c(F)cc12)/C(N)=C/N(N)c1cnc(N2CC(C(F)(F)F)C2)c(F)c1. The Labute approximate surface area is 189 Å². The van der Waals surface area contributed by atoms with Crippen molar-refractivity contribution in [2.24, 2.45) is 17.5 Å². The number of pyridine rings is 1. The zero-order chi connectivity index (χ0) is 24.8. The van der Waals surface area contributed by atoms with Crippen LogP contribution in [0.5, 0.6) is 0 Å². The van der Waals surface area contributed by atoms with Crippen LogP contribution in [-0.2, 0) is 0 Å². The number of H-pyrrole nitrogens is 1. The van der Waals surface area contributed by atoms with Gasteiger partial charge in [0, 0.05) is 43.0 Å². The highest BCUT2D eigenvalue weighted by Gasteiger charge is 2.48. The minimum atomic E-state index is -4.34. The molecule has 3 aromatic rings. The van der Waals surface area contributed by atoms with Crippen LogP contribution >= 0.6 is 0 Å². The second-order valence-corrected chi connectivity index (χ2v) is 7.75. The van der Waals surface area contributed by atoms with E-state index in [2.05, 4.69) is 21.9 Å². The van der Waals surface area contributed by atoms with Gasteiger partial charge < -0.3 is 20.9 Å². The molecule has 3 heterocycles. The number of rotatable bonds is 6. The number of hydrogen-bond donors (Lipinski definition) is 4. The Morgan fingerprint density at radius 2 is 1.85 bits per heavy atom. The fraction of sp³-hybridized carbons (Fsp3) is 0.190. The highest BCUT2D eigenvalue weighted by molar-refractivity contribution is 5.93. The van der Waals surface area contributed by atoms with Gasteiger partial charge in [-0.25, -0.2) is 24.0 Å². The van der Waals surface area contributed by atoms with Crippen molar-refractivity contribution in [2.45, 2.75) is 6.18 Å². The normalized spacial score (nSPS) is 14.9. The summed E-state index contributed by atoms with van der Waals surface area (Å²) >= 11 is 0. The number of aromatic nitrogens is 2. The van der Waals surface area contributed by atoms with Crippen LogP contribution in [0.1, 0.15) is 0 Å². The van der Waals surface area contributed by atoms with Gasteiger partial charge in [-0.05, 0) is 6.07 Å². The van der Waals surface area contributed by atoms with Gasteiger partial charge >= 0.3 is 6.18 Å². The van der Waals surface area contributed by atoms with E-state index in [4.69, 9.17) is 11.6 Å². The van der Waals surface area contributed by atoms with Crippen molar-refractivity contribution < 1.29 is 26.3 Å². The molecule has 4 rings (SSSR count). The summed E-state index contributed by atoms with van der Waals surface area (Å²) in [5.41, 5.74) is 6.97. The maximum atomic E-state index is 14.5. The van der Waals surface area contributed by atoms with Crippen LogP contribution in [0, 0.1) is 23.4 Å². The van der Waals surface area contributed by atoms with Gasteiger partial charge in [0.2, 0.25) is 0 Å². The first kappa shape index (κ1) is 23.3. The number of nitrogens with zero attached hydrogens (tertiary/aromatic N) is 3. The number of hydrogen-bond acceptors (Lipinski definition) is 6. The summed E-state index contributed by atoms with van der Waals surface area (Å²) in [6.45, 7) is 3.02. The van der Waals surface area contributed by atoms with Crippen LogP contribution in [0.15, 0.2) is 54.8 Å². The minimum Gasteiger partial charge on any atom is -0.396 e. The summed E-state index contributed by atoms with van der Waals surface area (Å²) in [4.78, 5) is 7.85. The molecule has 6 N–H and O–H groups in total. The van der Waals surface area contributed by atoms with E-state index >= 15 is 0 Å². The van der Waals surface area contributed by atoms with E-state index in [1.165, 1.54) is 23.5 Å². The van der Waals surface area contributed by atoms with Gasteiger partial charge in [0.15, 0.2) is 23.3 Å². The zero-order valence-electron chi connectivity index (χ0n) is 17.4. The highest BCUT2D eigenvalue weighted by Crippen LogP contribution is 2.36. The fourth-order valence-electron chi connectivity index (χ4n) is 3.41. The smallest absolute Gasteiger partial charge is 0.395 e. The third kappa shape index (κ3) is 4.46. The van der Waals surface area contributed by atoms with Crippen molar-refractivity contribution in [1.29, 1.82) is 0 Å². The lowest BCUT2D eigenvalue weighted by Gasteiger charge is -2.40. The molecule has 1 aliphatic rings. The lowest BCUT2D eigenvalue weighted by molar-refractivity contribution is -0.180. The molecule has 180 valence electrons. The van der Waals surface area contributed by atoms with Gasteiger partial charge in [0.25, 0.3) is 0 Å². The minimum absolute atomic E-state index is 0.0275. The molecule has 0 bridgehead atoms. The number of benzene rings is 1. The van der Waals surface area contributed by atoms with Gasteiger partial charge in [0.1, 0.15) is 0 Å². The number of hydrazine groups is 1. The number of fused-ring (bicyclic) bond motifs is 1. The van der Waals surface area contributed by atoms with Gasteiger partial charge in [0.05, 0.1) is 40.4 Å². The van der Waals surface area contributed by atoms with E-state index in [9.17, 15) is 26.3 Å². The lowest BCUT2D eigenvalue weighted by atomic mass is 10.00. The van der Waals surface area contributed by atoms with Gasteiger partial charge in [-0.3, -0.25) is 5.01 Å².